The summed E-state index contributed by atoms with van der Waals surface area (Å²) in [5, 5.41) is 0. The number of aromatic nitrogens is 1. The lowest BCUT2D eigenvalue weighted by molar-refractivity contribution is 0.0270. The van der Waals surface area contributed by atoms with Crippen LogP contribution in [-0.2, 0) is 4.74 Å². The van der Waals surface area contributed by atoms with Gasteiger partial charge in [0, 0.05) is 18.8 Å². The summed E-state index contributed by atoms with van der Waals surface area (Å²) < 4.78 is 5.40. The van der Waals surface area contributed by atoms with Gasteiger partial charge in [-0.05, 0) is 58.2 Å². The van der Waals surface area contributed by atoms with Crippen molar-refractivity contribution in [2.45, 2.75) is 46.6 Å². The molecule has 4 nitrogen and oxygen atoms in total. The minimum absolute atomic E-state index is 0.245. The smallest absolute Gasteiger partial charge is 0.410 e. The molecule has 1 aliphatic rings. The Bertz CT molecular complexity index is 571. The zero-order valence-electron chi connectivity index (χ0n) is 13.6. The van der Waals surface area contributed by atoms with Crippen LogP contribution in [0.4, 0.5) is 4.79 Å². The first-order valence-corrected chi connectivity index (χ1v) is 7.38. The predicted molar refractivity (Wildman–Crippen MR) is 84.1 cm³/mol. The third-order valence-corrected chi connectivity index (χ3v) is 3.54. The van der Waals surface area contributed by atoms with Crippen molar-refractivity contribution in [3.8, 4) is 0 Å². The number of hydrogen-bond donors (Lipinski definition) is 0. The zero-order valence-corrected chi connectivity index (χ0v) is 13.6. The molecule has 0 saturated carbocycles. The van der Waals surface area contributed by atoms with Crippen molar-refractivity contribution in [3.63, 3.8) is 0 Å². The maximum atomic E-state index is 12.0. The van der Waals surface area contributed by atoms with E-state index in [0.29, 0.717) is 13.1 Å². The monoisotopic (exact) mass is 288 g/mol. The van der Waals surface area contributed by atoms with Crippen molar-refractivity contribution in [2.24, 2.45) is 0 Å². The highest BCUT2D eigenvalue weighted by Crippen LogP contribution is 2.23. The summed E-state index contributed by atoms with van der Waals surface area (Å²) in [6, 6.07) is 4.15. The molecule has 1 amide bonds. The highest BCUT2D eigenvalue weighted by molar-refractivity contribution is 5.72. The molecule has 114 valence electrons. The maximum absolute atomic E-state index is 12.0. The van der Waals surface area contributed by atoms with Crippen molar-refractivity contribution >= 4 is 11.7 Å². The molecular formula is C17H24N2O2. The van der Waals surface area contributed by atoms with Gasteiger partial charge in [-0.2, -0.15) is 0 Å². The fourth-order valence-corrected chi connectivity index (χ4v) is 2.20. The van der Waals surface area contributed by atoms with E-state index in [1.54, 1.807) is 4.90 Å². The van der Waals surface area contributed by atoms with E-state index >= 15 is 0 Å². The molecule has 1 aromatic heterocycles. The van der Waals surface area contributed by atoms with E-state index in [9.17, 15) is 4.79 Å². The molecular weight excluding hydrogens is 264 g/mol. The van der Waals surface area contributed by atoms with Crippen molar-refractivity contribution < 1.29 is 9.53 Å². The normalized spacial score (nSPS) is 15.7. The second kappa shape index (κ2) is 5.88. The van der Waals surface area contributed by atoms with E-state index in [2.05, 4.69) is 30.1 Å². The van der Waals surface area contributed by atoms with Gasteiger partial charge in [0.05, 0.1) is 5.69 Å². The third-order valence-electron chi connectivity index (χ3n) is 3.54. The first-order valence-electron chi connectivity index (χ1n) is 7.38. The van der Waals surface area contributed by atoms with Gasteiger partial charge >= 0.3 is 6.09 Å². The molecule has 0 unspecified atom stereocenters. The Kier molecular flexibility index (Phi) is 4.35. The number of ether oxygens (including phenoxy) is 1. The Morgan fingerprint density at radius 3 is 2.52 bits per heavy atom. The lowest BCUT2D eigenvalue weighted by atomic mass is 10.0. The van der Waals surface area contributed by atoms with E-state index in [4.69, 9.17) is 4.74 Å². The fraction of sp³-hybridized carbons (Fsp3) is 0.529. The second-order valence-electron chi connectivity index (χ2n) is 6.50. The average Bonchev–Trinajstić information content (AvgIpc) is 2.40. The highest BCUT2D eigenvalue weighted by Gasteiger charge is 2.24. The van der Waals surface area contributed by atoms with Gasteiger partial charge in [0.15, 0.2) is 0 Å². The molecule has 0 bridgehead atoms. The molecule has 0 spiro atoms. The first-order chi connectivity index (χ1) is 9.76. The number of aryl methyl sites for hydroxylation is 2. The molecule has 2 rings (SSSR count). The number of amides is 1. The summed E-state index contributed by atoms with van der Waals surface area (Å²) in [6.45, 7) is 11.0. The van der Waals surface area contributed by atoms with E-state index < -0.39 is 5.60 Å². The summed E-state index contributed by atoms with van der Waals surface area (Å²) in [5.74, 6) is 0. The van der Waals surface area contributed by atoms with Gasteiger partial charge in [-0.25, -0.2) is 4.79 Å². The lowest BCUT2D eigenvalue weighted by Gasteiger charge is -2.29. The average molecular weight is 288 g/mol. The summed E-state index contributed by atoms with van der Waals surface area (Å²) >= 11 is 0. The molecule has 0 aliphatic carbocycles. The fourth-order valence-electron chi connectivity index (χ4n) is 2.20. The Hall–Kier alpha value is -1.84. The van der Waals surface area contributed by atoms with E-state index in [1.807, 2.05) is 27.7 Å². The van der Waals surface area contributed by atoms with E-state index in [-0.39, 0.29) is 6.09 Å². The summed E-state index contributed by atoms with van der Waals surface area (Å²) in [5.41, 5.74) is 4.03. The molecule has 0 fully saturated rings. The topological polar surface area (TPSA) is 42.4 Å². The number of carbonyl (C=O) groups excluding carboxylic acids is 1. The van der Waals surface area contributed by atoms with Gasteiger partial charge in [0.2, 0.25) is 0 Å². The Morgan fingerprint density at radius 2 is 2.00 bits per heavy atom. The molecule has 21 heavy (non-hydrogen) atoms. The summed E-state index contributed by atoms with van der Waals surface area (Å²) in [7, 11) is 0. The predicted octanol–water partition coefficient (Wildman–Crippen LogP) is 3.72. The SMILES string of the molecule is Cc1ccc(C2=CCN(C(=O)OC(C)(C)C)CC2)nc1C. The van der Waals surface area contributed by atoms with Gasteiger partial charge < -0.3 is 9.64 Å². The number of hydrogen-bond acceptors (Lipinski definition) is 3. The molecule has 1 aliphatic heterocycles. The molecule has 0 saturated heterocycles. The number of pyridine rings is 1. The summed E-state index contributed by atoms with van der Waals surface area (Å²) in [6.07, 6.45) is 2.64. The molecule has 0 atom stereocenters. The molecule has 2 heterocycles. The Balaban J connectivity index is 2.05. The van der Waals surface area contributed by atoms with Gasteiger partial charge in [-0.15, -0.1) is 0 Å². The largest absolute Gasteiger partial charge is 0.444 e. The van der Waals surface area contributed by atoms with Crippen molar-refractivity contribution in [1.29, 1.82) is 0 Å². The third kappa shape index (κ3) is 4.06. The minimum atomic E-state index is -0.448. The van der Waals surface area contributed by atoms with Crippen molar-refractivity contribution in [3.05, 3.63) is 35.2 Å². The van der Waals surface area contributed by atoms with Crippen LogP contribution < -0.4 is 0 Å². The minimum Gasteiger partial charge on any atom is -0.444 e. The van der Waals surface area contributed by atoms with Gasteiger partial charge in [-0.3, -0.25) is 4.98 Å². The Labute approximate surface area is 126 Å². The summed E-state index contributed by atoms with van der Waals surface area (Å²) in [4.78, 5) is 18.4. The molecule has 0 N–H and O–H groups in total. The molecule has 4 heteroatoms. The van der Waals surface area contributed by atoms with Crippen LogP contribution >= 0.6 is 0 Å². The standard InChI is InChI=1S/C17H24N2O2/c1-12-6-7-15(18-13(12)2)14-8-10-19(11-9-14)16(20)21-17(3,4)5/h6-8H,9-11H2,1-5H3. The quantitative estimate of drug-likeness (QED) is 0.791. The van der Waals surface area contributed by atoms with Crippen molar-refractivity contribution in [2.75, 3.05) is 13.1 Å². The van der Waals surface area contributed by atoms with Crippen LogP contribution in [0.1, 0.15) is 44.1 Å². The van der Waals surface area contributed by atoms with Crippen LogP contribution in [0.3, 0.4) is 0 Å². The van der Waals surface area contributed by atoms with Crippen LogP contribution in [-0.4, -0.2) is 34.7 Å². The van der Waals surface area contributed by atoms with Crippen molar-refractivity contribution in [1.82, 2.24) is 9.88 Å². The number of carbonyl (C=O) groups is 1. The van der Waals surface area contributed by atoms with Crippen LogP contribution in [0.2, 0.25) is 0 Å². The molecule has 0 radical (unpaired) electrons. The van der Waals surface area contributed by atoms with Crippen LogP contribution in [0.5, 0.6) is 0 Å². The van der Waals surface area contributed by atoms with Gasteiger partial charge in [-0.1, -0.05) is 12.1 Å². The first kappa shape index (κ1) is 15.5. The number of nitrogens with zero attached hydrogens (tertiary/aromatic N) is 2. The zero-order chi connectivity index (χ0) is 15.6. The van der Waals surface area contributed by atoms with E-state index in [1.165, 1.54) is 11.1 Å². The maximum Gasteiger partial charge on any atom is 0.410 e. The van der Waals surface area contributed by atoms with Crippen LogP contribution in [0, 0.1) is 13.8 Å². The van der Waals surface area contributed by atoms with Gasteiger partial charge in [0.25, 0.3) is 0 Å². The highest BCUT2D eigenvalue weighted by atomic mass is 16.6. The Morgan fingerprint density at radius 1 is 1.29 bits per heavy atom. The van der Waals surface area contributed by atoms with Crippen LogP contribution in [0.15, 0.2) is 18.2 Å². The van der Waals surface area contributed by atoms with Gasteiger partial charge in [0.1, 0.15) is 5.60 Å². The second-order valence-corrected chi connectivity index (χ2v) is 6.50. The van der Waals surface area contributed by atoms with Crippen LogP contribution in [0.25, 0.3) is 5.57 Å². The molecule has 0 aromatic carbocycles. The molecule has 1 aromatic rings. The van der Waals surface area contributed by atoms with E-state index in [0.717, 1.165) is 17.8 Å². The number of rotatable bonds is 1. The lowest BCUT2D eigenvalue weighted by Crippen LogP contribution is -2.39.